The molecule has 0 aromatic heterocycles. The lowest BCUT2D eigenvalue weighted by molar-refractivity contribution is 0.0508. The van der Waals surface area contributed by atoms with E-state index in [0.717, 1.165) is 11.0 Å². The number of aliphatic hydroxyl groups excluding tert-OH is 1. The van der Waals surface area contributed by atoms with Crippen molar-refractivity contribution in [2.45, 2.75) is 13.3 Å². The van der Waals surface area contributed by atoms with E-state index in [9.17, 15) is 18.0 Å². The van der Waals surface area contributed by atoms with Gasteiger partial charge in [-0.1, -0.05) is 6.07 Å². The average Bonchev–Trinajstić information content (AvgIpc) is 2.30. The lowest BCUT2D eigenvalue weighted by Crippen LogP contribution is -2.37. The summed E-state index contributed by atoms with van der Waals surface area (Å²) in [7, 11) is 0. The number of rotatable bonds is 5. The van der Waals surface area contributed by atoms with Crippen LogP contribution in [0.15, 0.2) is 18.2 Å². The lowest BCUT2D eigenvalue weighted by atomic mass is 10.1. The highest BCUT2D eigenvalue weighted by molar-refractivity contribution is 5.95. The van der Waals surface area contributed by atoms with Crippen LogP contribution in [-0.4, -0.2) is 42.0 Å². The number of hydrogen-bond acceptors (Lipinski definition) is 2. The monoisotopic (exact) mass is 261 g/mol. The van der Waals surface area contributed by atoms with E-state index >= 15 is 0 Å². The van der Waals surface area contributed by atoms with Gasteiger partial charge in [-0.3, -0.25) is 4.79 Å². The van der Waals surface area contributed by atoms with E-state index in [-0.39, 0.29) is 12.1 Å². The van der Waals surface area contributed by atoms with Gasteiger partial charge in [0.25, 0.3) is 12.3 Å². The van der Waals surface area contributed by atoms with Crippen molar-refractivity contribution in [2.24, 2.45) is 0 Å². The van der Waals surface area contributed by atoms with Crippen molar-refractivity contribution in [1.82, 2.24) is 4.90 Å². The number of aryl methyl sites for hydroxylation is 1. The molecule has 0 radical (unpaired) electrons. The van der Waals surface area contributed by atoms with Crippen molar-refractivity contribution in [3.63, 3.8) is 0 Å². The fourth-order valence-corrected chi connectivity index (χ4v) is 1.56. The third kappa shape index (κ3) is 3.73. The second-order valence-electron chi connectivity index (χ2n) is 3.83. The molecule has 6 heteroatoms. The second-order valence-corrected chi connectivity index (χ2v) is 3.83. The first-order valence-corrected chi connectivity index (χ1v) is 5.40. The molecule has 0 heterocycles. The number of alkyl halides is 2. The van der Waals surface area contributed by atoms with Crippen LogP contribution in [0, 0.1) is 12.7 Å². The summed E-state index contributed by atoms with van der Waals surface area (Å²) in [6.45, 7) is 0.174. The van der Waals surface area contributed by atoms with Gasteiger partial charge in [0.1, 0.15) is 5.82 Å². The molecule has 0 spiro atoms. The van der Waals surface area contributed by atoms with Crippen molar-refractivity contribution in [3.8, 4) is 0 Å². The number of nitrogens with zero attached hydrogens (tertiary/aromatic N) is 1. The molecule has 0 unspecified atom stereocenters. The van der Waals surface area contributed by atoms with Crippen LogP contribution in [0.5, 0.6) is 0 Å². The molecular weight excluding hydrogens is 247 g/mol. The maximum Gasteiger partial charge on any atom is 0.255 e. The van der Waals surface area contributed by atoms with Crippen molar-refractivity contribution in [1.29, 1.82) is 0 Å². The molecule has 1 aromatic rings. The standard InChI is InChI=1S/C12H14F3NO2/c1-8-2-3-9(13)6-10(8)12(18)16(4-5-17)7-11(14)15/h2-3,6,11,17H,4-5,7H2,1H3. The van der Waals surface area contributed by atoms with Crippen LogP contribution in [0.4, 0.5) is 13.2 Å². The van der Waals surface area contributed by atoms with E-state index < -0.39 is 31.3 Å². The highest BCUT2D eigenvalue weighted by Gasteiger charge is 2.21. The molecule has 1 rings (SSSR count). The van der Waals surface area contributed by atoms with E-state index in [1.165, 1.54) is 12.1 Å². The quantitative estimate of drug-likeness (QED) is 0.878. The van der Waals surface area contributed by atoms with Gasteiger partial charge in [-0.2, -0.15) is 0 Å². The molecule has 0 saturated heterocycles. The number of aliphatic hydroxyl groups is 1. The number of benzene rings is 1. The first-order chi connectivity index (χ1) is 8.45. The summed E-state index contributed by atoms with van der Waals surface area (Å²) in [5.74, 6) is -1.31. The normalized spacial score (nSPS) is 10.8. The summed E-state index contributed by atoms with van der Waals surface area (Å²) in [6.07, 6.45) is -2.70. The maximum absolute atomic E-state index is 13.1. The van der Waals surface area contributed by atoms with Crippen LogP contribution in [0.3, 0.4) is 0 Å². The Bertz CT molecular complexity index is 424. The minimum absolute atomic E-state index is 0.0316. The summed E-state index contributed by atoms with van der Waals surface area (Å²) in [5.41, 5.74) is 0.530. The highest BCUT2D eigenvalue weighted by atomic mass is 19.3. The van der Waals surface area contributed by atoms with Gasteiger partial charge in [-0.15, -0.1) is 0 Å². The third-order valence-electron chi connectivity index (χ3n) is 2.45. The molecule has 0 aliphatic rings. The Morgan fingerprint density at radius 2 is 2.11 bits per heavy atom. The Balaban J connectivity index is 2.97. The molecule has 0 saturated carbocycles. The Morgan fingerprint density at radius 1 is 1.44 bits per heavy atom. The van der Waals surface area contributed by atoms with Crippen LogP contribution < -0.4 is 0 Å². The predicted molar refractivity (Wildman–Crippen MR) is 60.1 cm³/mol. The van der Waals surface area contributed by atoms with Crippen molar-refractivity contribution in [3.05, 3.63) is 35.1 Å². The van der Waals surface area contributed by atoms with Crippen LogP contribution in [0.2, 0.25) is 0 Å². The Morgan fingerprint density at radius 3 is 2.67 bits per heavy atom. The van der Waals surface area contributed by atoms with E-state index in [2.05, 4.69) is 0 Å². The van der Waals surface area contributed by atoms with Crippen LogP contribution in [0.1, 0.15) is 15.9 Å². The summed E-state index contributed by atoms with van der Waals surface area (Å²) in [4.78, 5) is 12.8. The Hall–Kier alpha value is -1.56. The summed E-state index contributed by atoms with van der Waals surface area (Å²) in [6, 6.07) is 3.60. The molecule has 100 valence electrons. The fourth-order valence-electron chi connectivity index (χ4n) is 1.56. The lowest BCUT2D eigenvalue weighted by Gasteiger charge is -2.22. The molecule has 0 fully saturated rings. The average molecular weight is 261 g/mol. The van der Waals surface area contributed by atoms with Gasteiger partial charge in [0.2, 0.25) is 0 Å². The Kier molecular flexibility index (Phi) is 5.15. The minimum atomic E-state index is -2.70. The van der Waals surface area contributed by atoms with Gasteiger partial charge in [0.15, 0.2) is 0 Å². The van der Waals surface area contributed by atoms with Gasteiger partial charge in [0.05, 0.1) is 13.2 Å². The number of carbonyl (C=O) groups excluding carboxylic acids is 1. The predicted octanol–water partition coefficient (Wildman–Crippen LogP) is 1.83. The second kappa shape index (κ2) is 6.39. The minimum Gasteiger partial charge on any atom is -0.395 e. The molecule has 0 bridgehead atoms. The molecule has 0 aliphatic carbocycles. The number of hydrogen-bond donors (Lipinski definition) is 1. The molecule has 1 N–H and O–H groups in total. The summed E-state index contributed by atoms with van der Waals surface area (Å²) >= 11 is 0. The Labute approximate surface area is 103 Å². The molecule has 0 aliphatic heterocycles. The van der Waals surface area contributed by atoms with E-state index in [4.69, 9.17) is 5.11 Å². The number of amides is 1. The van der Waals surface area contributed by atoms with Crippen LogP contribution in [0.25, 0.3) is 0 Å². The fraction of sp³-hybridized carbons (Fsp3) is 0.417. The smallest absolute Gasteiger partial charge is 0.255 e. The summed E-state index contributed by atoms with van der Waals surface area (Å²) in [5, 5.41) is 8.76. The molecule has 0 atom stereocenters. The third-order valence-corrected chi connectivity index (χ3v) is 2.45. The molecule has 3 nitrogen and oxygen atoms in total. The zero-order valence-corrected chi connectivity index (χ0v) is 9.87. The number of halogens is 3. The van der Waals surface area contributed by atoms with E-state index in [1.807, 2.05) is 0 Å². The zero-order valence-electron chi connectivity index (χ0n) is 9.87. The molecule has 1 amide bonds. The van der Waals surface area contributed by atoms with E-state index in [0.29, 0.717) is 5.56 Å². The van der Waals surface area contributed by atoms with Crippen molar-refractivity contribution >= 4 is 5.91 Å². The molecular formula is C12H14F3NO2. The SMILES string of the molecule is Cc1ccc(F)cc1C(=O)N(CCO)CC(F)F. The highest BCUT2D eigenvalue weighted by Crippen LogP contribution is 2.14. The summed E-state index contributed by atoms with van der Waals surface area (Å²) < 4.78 is 37.7. The van der Waals surface area contributed by atoms with Gasteiger partial charge in [-0.25, -0.2) is 13.2 Å². The van der Waals surface area contributed by atoms with Gasteiger partial charge in [0, 0.05) is 12.1 Å². The van der Waals surface area contributed by atoms with E-state index in [1.54, 1.807) is 6.92 Å². The topological polar surface area (TPSA) is 40.5 Å². The van der Waals surface area contributed by atoms with Gasteiger partial charge < -0.3 is 10.0 Å². The van der Waals surface area contributed by atoms with Crippen molar-refractivity contribution < 1.29 is 23.1 Å². The molecule has 1 aromatic carbocycles. The maximum atomic E-state index is 13.1. The van der Waals surface area contributed by atoms with Gasteiger partial charge >= 0.3 is 0 Å². The largest absolute Gasteiger partial charge is 0.395 e. The van der Waals surface area contributed by atoms with Crippen LogP contribution in [-0.2, 0) is 0 Å². The zero-order chi connectivity index (χ0) is 13.7. The first kappa shape index (κ1) is 14.5. The molecule has 18 heavy (non-hydrogen) atoms. The van der Waals surface area contributed by atoms with Gasteiger partial charge in [-0.05, 0) is 24.6 Å². The van der Waals surface area contributed by atoms with Crippen LogP contribution >= 0.6 is 0 Å². The number of carbonyl (C=O) groups is 1. The first-order valence-electron chi connectivity index (χ1n) is 5.40. The van der Waals surface area contributed by atoms with Crippen molar-refractivity contribution in [2.75, 3.05) is 19.7 Å².